The van der Waals surface area contributed by atoms with Crippen molar-refractivity contribution < 1.29 is 14.6 Å². The van der Waals surface area contributed by atoms with Crippen LogP contribution in [0.4, 0.5) is 0 Å². The van der Waals surface area contributed by atoms with Crippen LogP contribution in [-0.4, -0.2) is 20.6 Å². The third-order valence-corrected chi connectivity index (χ3v) is 7.15. The fraction of sp³-hybridized carbons (Fsp3) is 0.375. The molecule has 0 fully saturated rings. The van der Waals surface area contributed by atoms with E-state index >= 15 is 0 Å². The molecule has 7 heteroatoms. The van der Waals surface area contributed by atoms with Crippen LogP contribution in [0.15, 0.2) is 23.0 Å². The third-order valence-electron chi connectivity index (χ3n) is 7.15. The Labute approximate surface area is 178 Å². The molecule has 3 N–H and O–H groups in total. The molecular weight excluding hydrogens is 394 g/mol. The first-order valence-corrected chi connectivity index (χ1v) is 10.7. The Hall–Kier alpha value is -3.03. The highest BCUT2D eigenvalue weighted by Gasteiger charge is 2.45. The average molecular weight is 417 g/mol. The van der Waals surface area contributed by atoms with Crippen LogP contribution in [0, 0.1) is 6.92 Å². The number of ether oxygens (including phenoxy) is 1. The van der Waals surface area contributed by atoms with Crippen molar-refractivity contribution in [2.75, 3.05) is 0 Å². The molecule has 0 spiro atoms. The van der Waals surface area contributed by atoms with E-state index in [2.05, 4.69) is 19.1 Å². The normalized spacial score (nSPS) is 23.4. The number of aliphatic hydroxyl groups is 1. The van der Waals surface area contributed by atoms with Crippen LogP contribution in [0.1, 0.15) is 59.2 Å². The summed E-state index contributed by atoms with van der Waals surface area (Å²) in [5.74, 6) is -0.714. The van der Waals surface area contributed by atoms with E-state index in [1.165, 1.54) is 5.56 Å². The summed E-state index contributed by atoms with van der Waals surface area (Å²) in [4.78, 5) is 30.7. The van der Waals surface area contributed by atoms with E-state index in [1.54, 1.807) is 17.6 Å². The van der Waals surface area contributed by atoms with Gasteiger partial charge >= 0.3 is 5.97 Å². The van der Waals surface area contributed by atoms with Crippen LogP contribution in [0.25, 0.3) is 22.3 Å². The molecule has 1 aromatic carbocycles. The molecule has 2 aromatic heterocycles. The van der Waals surface area contributed by atoms with Crippen molar-refractivity contribution in [1.82, 2.24) is 9.55 Å². The summed E-state index contributed by atoms with van der Waals surface area (Å²) in [6.45, 7) is 4.01. The van der Waals surface area contributed by atoms with Gasteiger partial charge in [0.1, 0.15) is 6.61 Å². The smallest absolute Gasteiger partial charge is 0.343 e. The Balaban J connectivity index is 1.69. The number of carbonyl (C=O) groups excluding carboxylic acids is 1. The van der Waals surface area contributed by atoms with Gasteiger partial charge in [-0.1, -0.05) is 13.0 Å². The second-order valence-electron chi connectivity index (χ2n) is 8.92. The molecule has 3 aromatic rings. The minimum absolute atomic E-state index is 0.119. The van der Waals surface area contributed by atoms with Crippen LogP contribution in [0.5, 0.6) is 0 Å². The lowest BCUT2D eigenvalue weighted by Crippen LogP contribution is -2.44. The molecular formula is C24H23N3O4. The van der Waals surface area contributed by atoms with Crippen molar-refractivity contribution in [1.29, 1.82) is 0 Å². The van der Waals surface area contributed by atoms with Gasteiger partial charge in [0.2, 0.25) is 0 Å². The summed E-state index contributed by atoms with van der Waals surface area (Å²) < 4.78 is 6.83. The number of hydrogen-bond donors (Lipinski definition) is 2. The van der Waals surface area contributed by atoms with Gasteiger partial charge in [-0.3, -0.25) is 4.79 Å². The first-order chi connectivity index (χ1) is 14.8. The number of carbonyl (C=O) groups is 1. The van der Waals surface area contributed by atoms with Gasteiger partial charge in [0.15, 0.2) is 5.60 Å². The van der Waals surface area contributed by atoms with E-state index in [0.29, 0.717) is 29.1 Å². The molecule has 0 saturated carbocycles. The van der Waals surface area contributed by atoms with E-state index in [0.717, 1.165) is 40.4 Å². The number of nitrogens with two attached hydrogens (primary N) is 1. The molecule has 0 saturated heterocycles. The van der Waals surface area contributed by atoms with Crippen molar-refractivity contribution >= 4 is 16.9 Å². The Kier molecular flexibility index (Phi) is 3.63. The summed E-state index contributed by atoms with van der Waals surface area (Å²) in [7, 11) is 0. The quantitative estimate of drug-likeness (QED) is 0.460. The average Bonchev–Trinajstić information content (AvgIpc) is 3.11. The first-order valence-electron chi connectivity index (χ1n) is 10.7. The number of nitrogens with zero attached hydrogens (tertiary/aromatic N) is 2. The molecule has 2 atom stereocenters. The molecule has 1 aliphatic carbocycles. The molecule has 31 heavy (non-hydrogen) atoms. The fourth-order valence-electron chi connectivity index (χ4n) is 5.55. The predicted molar refractivity (Wildman–Crippen MR) is 115 cm³/mol. The van der Waals surface area contributed by atoms with Crippen LogP contribution >= 0.6 is 0 Å². The number of aryl methyl sites for hydroxylation is 2. The fourth-order valence-corrected chi connectivity index (χ4v) is 5.55. The van der Waals surface area contributed by atoms with Gasteiger partial charge in [-0.15, -0.1) is 0 Å². The zero-order valence-corrected chi connectivity index (χ0v) is 17.5. The SMILES string of the molecule is CC[C@@]1(O)C(=O)OCc2c1cc1n(c2=O)Cc2c-1nc1cc(C)cc3c1c2C(N)CC3. The molecule has 3 aliphatic rings. The van der Waals surface area contributed by atoms with E-state index < -0.39 is 11.6 Å². The van der Waals surface area contributed by atoms with Crippen LogP contribution in [0.2, 0.25) is 0 Å². The van der Waals surface area contributed by atoms with Gasteiger partial charge in [0.05, 0.1) is 29.0 Å². The number of cyclic esters (lactones) is 1. The lowest BCUT2D eigenvalue weighted by atomic mass is 9.83. The molecule has 2 aliphatic heterocycles. The molecule has 1 unspecified atom stereocenters. The second kappa shape index (κ2) is 6.02. The lowest BCUT2D eigenvalue weighted by Gasteiger charge is -2.31. The van der Waals surface area contributed by atoms with E-state index in [4.69, 9.17) is 15.5 Å². The Morgan fingerprint density at radius 3 is 2.87 bits per heavy atom. The third kappa shape index (κ3) is 2.28. The van der Waals surface area contributed by atoms with Crippen molar-refractivity contribution in [2.24, 2.45) is 5.73 Å². The highest BCUT2D eigenvalue weighted by molar-refractivity contribution is 5.92. The van der Waals surface area contributed by atoms with Gasteiger partial charge in [-0.25, -0.2) is 9.78 Å². The van der Waals surface area contributed by atoms with Crippen molar-refractivity contribution in [3.8, 4) is 11.4 Å². The number of rotatable bonds is 1. The number of hydrogen-bond acceptors (Lipinski definition) is 6. The number of pyridine rings is 2. The first kappa shape index (κ1) is 18.7. The zero-order chi connectivity index (χ0) is 21.7. The van der Waals surface area contributed by atoms with Crippen LogP contribution < -0.4 is 11.3 Å². The summed E-state index contributed by atoms with van der Waals surface area (Å²) in [6, 6.07) is 5.89. The summed E-state index contributed by atoms with van der Waals surface area (Å²) in [6.07, 6.45) is 1.89. The van der Waals surface area contributed by atoms with E-state index in [-0.39, 0.29) is 24.6 Å². The monoisotopic (exact) mass is 417 g/mol. The maximum absolute atomic E-state index is 13.4. The van der Waals surface area contributed by atoms with Gasteiger partial charge in [-0.2, -0.15) is 0 Å². The minimum Gasteiger partial charge on any atom is -0.458 e. The zero-order valence-electron chi connectivity index (χ0n) is 17.5. The molecule has 0 amide bonds. The minimum atomic E-state index is -1.82. The van der Waals surface area contributed by atoms with E-state index in [9.17, 15) is 14.7 Å². The topological polar surface area (TPSA) is 107 Å². The van der Waals surface area contributed by atoms with Crippen LogP contribution in [-0.2, 0) is 34.7 Å². The van der Waals surface area contributed by atoms with Crippen molar-refractivity contribution in [3.63, 3.8) is 0 Å². The van der Waals surface area contributed by atoms with Gasteiger partial charge in [0, 0.05) is 22.6 Å². The molecule has 0 bridgehead atoms. The number of aromatic nitrogens is 2. The molecule has 6 rings (SSSR count). The molecule has 7 nitrogen and oxygen atoms in total. The molecule has 0 radical (unpaired) electrons. The maximum atomic E-state index is 13.4. The number of benzene rings is 1. The Bertz CT molecular complexity index is 1390. The van der Waals surface area contributed by atoms with Crippen molar-refractivity contribution in [2.45, 2.75) is 57.9 Å². The van der Waals surface area contributed by atoms with Gasteiger partial charge < -0.3 is 20.1 Å². The van der Waals surface area contributed by atoms with Crippen LogP contribution in [0.3, 0.4) is 0 Å². The lowest BCUT2D eigenvalue weighted by molar-refractivity contribution is -0.172. The Morgan fingerprint density at radius 2 is 2.10 bits per heavy atom. The number of esters is 1. The molecule has 158 valence electrons. The Morgan fingerprint density at radius 1 is 1.29 bits per heavy atom. The maximum Gasteiger partial charge on any atom is 0.343 e. The largest absolute Gasteiger partial charge is 0.458 e. The molecule has 4 heterocycles. The predicted octanol–water partition coefficient (Wildman–Crippen LogP) is 2.33. The van der Waals surface area contributed by atoms with E-state index in [1.807, 2.05) is 0 Å². The second-order valence-corrected chi connectivity index (χ2v) is 8.92. The summed E-state index contributed by atoms with van der Waals surface area (Å²) >= 11 is 0. The van der Waals surface area contributed by atoms with Crippen molar-refractivity contribution in [3.05, 3.63) is 61.9 Å². The highest BCUT2D eigenvalue weighted by Crippen LogP contribution is 2.44. The van der Waals surface area contributed by atoms with Gasteiger partial charge in [-0.05, 0) is 55.0 Å². The number of fused-ring (bicyclic) bond motifs is 5. The summed E-state index contributed by atoms with van der Waals surface area (Å²) in [5, 5.41) is 12.1. The standard InChI is InChI=1S/C24H23N3O4/c1-3-24(30)15-8-18-21-13(9-27(18)22(28)14(15)10-31-23(24)29)20-16(25)5-4-12-6-11(2)7-17(26-21)19(12)20/h6-8,16,30H,3-5,9-10,25H2,1-2H3/t16?,24-/m0/s1. The summed E-state index contributed by atoms with van der Waals surface area (Å²) in [5.41, 5.74) is 11.8. The highest BCUT2D eigenvalue weighted by atomic mass is 16.6. The van der Waals surface area contributed by atoms with Gasteiger partial charge in [0.25, 0.3) is 5.56 Å².